The highest BCUT2D eigenvalue weighted by Crippen LogP contribution is 2.48. The number of carbonyl (C=O) groups is 2. The second-order valence-corrected chi connectivity index (χ2v) is 8.37. The van der Waals surface area contributed by atoms with E-state index in [0.717, 1.165) is 44.5 Å². The van der Waals surface area contributed by atoms with Gasteiger partial charge in [0.2, 0.25) is 5.91 Å². The molecule has 1 spiro atoms. The molecule has 2 atom stereocenters. The monoisotopic (exact) mass is 383 g/mol. The smallest absolute Gasteiger partial charge is 0.274 e. The molecular formula is C19H25N7O2. The van der Waals surface area contributed by atoms with E-state index < -0.39 is 0 Å². The molecule has 0 bridgehead atoms. The van der Waals surface area contributed by atoms with E-state index >= 15 is 0 Å². The van der Waals surface area contributed by atoms with Gasteiger partial charge in [0.05, 0.1) is 6.04 Å². The minimum atomic E-state index is -0.210. The number of hydrogen-bond acceptors (Lipinski definition) is 5. The number of nitrogens with zero attached hydrogens (tertiary/aromatic N) is 6. The number of likely N-dealkylation sites (tertiary alicyclic amines) is 1. The first-order chi connectivity index (χ1) is 13.6. The van der Waals surface area contributed by atoms with Gasteiger partial charge in [0.25, 0.3) is 5.91 Å². The predicted molar refractivity (Wildman–Crippen MR) is 99.0 cm³/mol. The van der Waals surface area contributed by atoms with Crippen molar-refractivity contribution in [1.29, 1.82) is 0 Å². The third-order valence-electron chi connectivity index (χ3n) is 6.71. The van der Waals surface area contributed by atoms with Crippen molar-refractivity contribution >= 4 is 11.8 Å². The van der Waals surface area contributed by atoms with Crippen LogP contribution in [0.2, 0.25) is 0 Å². The van der Waals surface area contributed by atoms with Crippen LogP contribution in [0.5, 0.6) is 0 Å². The van der Waals surface area contributed by atoms with Gasteiger partial charge < -0.3 is 10.2 Å². The number of amides is 2. The molecule has 2 aliphatic heterocycles. The number of hydrogen-bond donors (Lipinski definition) is 1. The Morgan fingerprint density at radius 2 is 2.07 bits per heavy atom. The Morgan fingerprint density at radius 1 is 1.25 bits per heavy atom. The third-order valence-corrected chi connectivity index (χ3v) is 6.71. The van der Waals surface area contributed by atoms with Gasteiger partial charge in [-0.15, -0.1) is 0 Å². The summed E-state index contributed by atoms with van der Waals surface area (Å²) in [5, 5.41) is 11.8. The molecule has 1 aliphatic carbocycles. The zero-order valence-electron chi connectivity index (χ0n) is 16.0. The summed E-state index contributed by atoms with van der Waals surface area (Å²) >= 11 is 0. The first-order valence-corrected chi connectivity index (χ1v) is 10.0. The van der Waals surface area contributed by atoms with E-state index in [9.17, 15) is 9.59 Å². The van der Waals surface area contributed by atoms with E-state index in [1.807, 2.05) is 16.6 Å². The van der Waals surface area contributed by atoms with Crippen molar-refractivity contribution in [3.05, 3.63) is 30.1 Å². The average Bonchev–Trinajstić information content (AvgIpc) is 3.35. The lowest BCUT2D eigenvalue weighted by Crippen LogP contribution is -2.49. The van der Waals surface area contributed by atoms with E-state index in [-0.39, 0.29) is 29.2 Å². The second kappa shape index (κ2) is 6.42. The van der Waals surface area contributed by atoms with Crippen molar-refractivity contribution in [2.45, 2.75) is 44.7 Å². The highest BCUT2D eigenvalue weighted by molar-refractivity contribution is 5.92. The third kappa shape index (κ3) is 2.71. The molecule has 5 rings (SSSR count). The summed E-state index contributed by atoms with van der Waals surface area (Å²) in [4.78, 5) is 32.0. The summed E-state index contributed by atoms with van der Waals surface area (Å²) < 4.78 is 3.53. The molecule has 3 aliphatic rings. The van der Waals surface area contributed by atoms with Crippen LogP contribution < -0.4 is 5.32 Å². The fraction of sp³-hybridized carbons (Fsp3) is 0.632. The van der Waals surface area contributed by atoms with Crippen LogP contribution in [0.25, 0.3) is 0 Å². The normalized spacial score (nSPS) is 26.9. The summed E-state index contributed by atoms with van der Waals surface area (Å²) in [6.45, 7) is 2.03. The summed E-state index contributed by atoms with van der Waals surface area (Å²) in [5.41, 5.74) is 0.265. The fourth-order valence-electron chi connectivity index (χ4n) is 4.76. The van der Waals surface area contributed by atoms with Gasteiger partial charge in [-0.2, -0.15) is 10.2 Å². The van der Waals surface area contributed by atoms with Crippen molar-refractivity contribution in [3.8, 4) is 0 Å². The zero-order chi connectivity index (χ0) is 19.3. The van der Waals surface area contributed by atoms with E-state index in [4.69, 9.17) is 0 Å². The quantitative estimate of drug-likeness (QED) is 0.849. The lowest BCUT2D eigenvalue weighted by atomic mass is 9.73. The Hall–Kier alpha value is -2.71. The lowest BCUT2D eigenvalue weighted by molar-refractivity contribution is -0.129. The van der Waals surface area contributed by atoms with Crippen molar-refractivity contribution in [2.24, 2.45) is 18.4 Å². The summed E-state index contributed by atoms with van der Waals surface area (Å²) in [6.07, 6.45) is 8.09. The molecule has 28 heavy (non-hydrogen) atoms. The summed E-state index contributed by atoms with van der Waals surface area (Å²) in [5.74, 6) is 0.990. The molecule has 9 nitrogen and oxygen atoms in total. The van der Waals surface area contributed by atoms with Crippen LogP contribution >= 0.6 is 0 Å². The minimum Gasteiger partial charge on any atom is -0.345 e. The maximum atomic E-state index is 12.9. The Bertz CT molecular complexity index is 915. The van der Waals surface area contributed by atoms with Crippen molar-refractivity contribution in [1.82, 2.24) is 34.8 Å². The van der Waals surface area contributed by atoms with E-state index in [1.165, 1.54) is 0 Å². The largest absolute Gasteiger partial charge is 0.345 e. The van der Waals surface area contributed by atoms with Crippen LogP contribution in [0, 0.1) is 11.3 Å². The van der Waals surface area contributed by atoms with E-state index in [0.29, 0.717) is 18.8 Å². The van der Waals surface area contributed by atoms with Gasteiger partial charge in [-0.1, -0.05) is 6.42 Å². The van der Waals surface area contributed by atoms with Crippen LogP contribution in [0.1, 0.15) is 54.5 Å². The highest BCUT2D eigenvalue weighted by Gasteiger charge is 2.51. The number of aromatic nitrogens is 5. The van der Waals surface area contributed by atoms with Crippen molar-refractivity contribution in [2.75, 3.05) is 13.1 Å². The molecule has 4 heterocycles. The summed E-state index contributed by atoms with van der Waals surface area (Å²) in [6, 6.07) is 1.54. The molecular weight excluding hydrogens is 358 g/mol. The first kappa shape index (κ1) is 17.4. The second-order valence-electron chi connectivity index (χ2n) is 8.37. The van der Waals surface area contributed by atoms with Crippen LogP contribution in [0.3, 0.4) is 0 Å². The molecule has 2 amide bonds. The lowest BCUT2D eigenvalue weighted by Gasteiger charge is -2.41. The van der Waals surface area contributed by atoms with Gasteiger partial charge in [0.1, 0.15) is 17.8 Å². The van der Waals surface area contributed by atoms with Crippen LogP contribution in [0.15, 0.2) is 18.6 Å². The molecule has 0 unspecified atom stereocenters. The number of fused-ring (bicyclic) bond motifs is 1. The average molecular weight is 383 g/mol. The molecule has 1 saturated carbocycles. The van der Waals surface area contributed by atoms with Crippen molar-refractivity contribution in [3.63, 3.8) is 0 Å². The topological polar surface area (TPSA) is 97.9 Å². The Morgan fingerprint density at radius 3 is 2.79 bits per heavy atom. The Balaban J connectivity index is 1.40. The van der Waals surface area contributed by atoms with Gasteiger partial charge in [-0.05, 0) is 31.7 Å². The number of nitrogens with one attached hydrogen (secondary N) is 1. The molecule has 2 aromatic heterocycles. The van der Waals surface area contributed by atoms with E-state index in [1.54, 1.807) is 23.3 Å². The number of rotatable bonds is 3. The predicted octanol–water partition coefficient (Wildman–Crippen LogP) is 0.905. The van der Waals surface area contributed by atoms with Crippen molar-refractivity contribution < 1.29 is 9.59 Å². The molecule has 1 saturated heterocycles. The van der Waals surface area contributed by atoms with Crippen LogP contribution in [0.4, 0.5) is 0 Å². The van der Waals surface area contributed by atoms with Gasteiger partial charge in [0, 0.05) is 44.2 Å². The fourth-order valence-corrected chi connectivity index (χ4v) is 4.76. The minimum absolute atomic E-state index is 0.0476. The molecule has 0 aromatic carbocycles. The van der Waals surface area contributed by atoms with Gasteiger partial charge in [0.15, 0.2) is 0 Å². The zero-order valence-corrected chi connectivity index (χ0v) is 16.0. The van der Waals surface area contributed by atoms with E-state index in [2.05, 4.69) is 20.5 Å². The SMILES string of the molecule is Cn1ccc(C(=O)N2CC[C@]3(CCn4ncnc4[C@H]3NC(=O)C3CCC3)C2)n1. The van der Waals surface area contributed by atoms with Gasteiger partial charge in [-0.3, -0.25) is 14.3 Å². The Kier molecular flexibility index (Phi) is 3.99. The maximum absolute atomic E-state index is 12.9. The maximum Gasteiger partial charge on any atom is 0.274 e. The molecule has 2 fully saturated rings. The van der Waals surface area contributed by atoms with Gasteiger partial charge >= 0.3 is 0 Å². The Labute approximate surface area is 163 Å². The first-order valence-electron chi connectivity index (χ1n) is 10.0. The van der Waals surface area contributed by atoms with Crippen LogP contribution in [-0.4, -0.2) is 54.3 Å². The highest BCUT2D eigenvalue weighted by atomic mass is 16.2. The molecule has 1 N–H and O–H groups in total. The molecule has 0 radical (unpaired) electrons. The van der Waals surface area contributed by atoms with Gasteiger partial charge in [-0.25, -0.2) is 9.67 Å². The molecule has 148 valence electrons. The standard InChI is InChI=1S/C19H25N7O2/c1-24-8-5-14(23-24)18(28)25-9-6-19(11-25)7-10-26-16(20-12-21-26)15(19)22-17(27)13-3-2-4-13/h5,8,12-13,15H,2-4,6-7,9-11H2,1H3,(H,22,27)/t15-,19+/m1/s1. The summed E-state index contributed by atoms with van der Waals surface area (Å²) in [7, 11) is 1.81. The molecule has 9 heteroatoms. The molecule has 2 aromatic rings. The van der Waals surface area contributed by atoms with Crippen LogP contribution in [-0.2, 0) is 18.4 Å². The number of aryl methyl sites for hydroxylation is 2. The number of carbonyl (C=O) groups excluding carboxylic acids is 2.